The molecule has 0 aromatic heterocycles. The standard InChI is InChI=1S/C22H29N3O2/c1-3-27-21-10-8-19(9-11-21)23-22(26)24-20-12-14-25(15-13-20)16-18-7-5-4-6-17(18)2/h4-11,20H,3,12-16H2,1-2H3,(H2,23,24,26). The molecule has 1 aliphatic rings. The highest BCUT2D eigenvalue weighted by Crippen LogP contribution is 2.17. The number of piperidine rings is 1. The number of carbonyl (C=O) groups is 1. The minimum Gasteiger partial charge on any atom is -0.494 e. The summed E-state index contributed by atoms with van der Waals surface area (Å²) in [7, 11) is 0. The molecule has 0 unspecified atom stereocenters. The van der Waals surface area contributed by atoms with Gasteiger partial charge in [0.2, 0.25) is 0 Å². The van der Waals surface area contributed by atoms with Crippen LogP contribution < -0.4 is 15.4 Å². The van der Waals surface area contributed by atoms with Gasteiger partial charge >= 0.3 is 6.03 Å². The van der Waals surface area contributed by atoms with E-state index in [9.17, 15) is 4.79 Å². The van der Waals surface area contributed by atoms with Crippen LogP contribution in [0.5, 0.6) is 5.75 Å². The van der Waals surface area contributed by atoms with Crippen LogP contribution >= 0.6 is 0 Å². The third kappa shape index (κ3) is 5.73. The van der Waals surface area contributed by atoms with Crippen molar-refractivity contribution in [1.29, 1.82) is 0 Å². The fourth-order valence-corrected chi connectivity index (χ4v) is 3.42. The van der Waals surface area contributed by atoms with E-state index < -0.39 is 0 Å². The van der Waals surface area contributed by atoms with Crippen molar-refractivity contribution in [2.45, 2.75) is 39.3 Å². The lowest BCUT2D eigenvalue weighted by molar-refractivity contribution is 0.189. The first kappa shape index (κ1) is 19.2. The summed E-state index contributed by atoms with van der Waals surface area (Å²) >= 11 is 0. The van der Waals surface area contributed by atoms with Gasteiger partial charge in [-0.05, 0) is 62.1 Å². The van der Waals surface area contributed by atoms with Crippen LogP contribution in [0.2, 0.25) is 0 Å². The van der Waals surface area contributed by atoms with E-state index in [0.29, 0.717) is 6.61 Å². The molecule has 5 nitrogen and oxygen atoms in total. The van der Waals surface area contributed by atoms with Crippen LogP contribution in [0.15, 0.2) is 48.5 Å². The second-order valence-corrected chi connectivity index (χ2v) is 7.03. The number of urea groups is 1. The van der Waals surface area contributed by atoms with Crippen LogP contribution in [0, 0.1) is 6.92 Å². The first-order valence-corrected chi connectivity index (χ1v) is 9.71. The number of anilines is 1. The van der Waals surface area contributed by atoms with Gasteiger partial charge in [-0.25, -0.2) is 4.79 Å². The van der Waals surface area contributed by atoms with Crippen LogP contribution in [-0.2, 0) is 6.54 Å². The maximum Gasteiger partial charge on any atom is 0.319 e. The van der Waals surface area contributed by atoms with Gasteiger partial charge in [-0.1, -0.05) is 24.3 Å². The van der Waals surface area contributed by atoms with Gasteiger partial charge in [0.05, 0.1) is 6.61 Å². The SMILES string of the molecule is CCOc1ccc(NC(=O)NC2CCN(Cc3ccccc3C)CC2)cc1. The lowest BCUT2D eigenvalue weighted by Gasteiger charge is -2.32. The Kier molecular flexibility index (Phi) is 6.71. The Morgan fingerprint density at radius 1 is 1.11 bits per heavy atom. The van der Waals surface area contributed by atoms with Gasteiger partial charge in [-0.15, -0.1) is 0 Å². The van der Waals surface area contributed by atoms with Crippen LogP contribution in [0.1, 0.15) is 30.9 Å². The summed E-state index contributed by atoms with van der Waals surface area (Å²) in [4.78, 5) is 14.7. The predicted octanol–water partition coefficient (Wildman–Crippen LogP) is 4.18. The Hall–Kier alpha value is -2.53. The fraction of sp³-hybridized carbons (Fsp3) is 0.409. The second kappa shape index (κ2) is 9.42. The summed E-state index contributed by atoms with van der Waals surface area (Å²) < 4.78 is 5.41. The van der Waals surface area contributed by atoms with Crippen molar-refractivity contribution in [1.82, 2.24) is 10.2 Å². The average molecular weight is 367 g/mol. The highest BCUT2D eigenvalue weighted by molar-refractivity contribution is 5.89. The number of nitrogens with one attached hydrogen (secondary N) is 2. The van der Waals surface area contributed by atoms with Crippen molar-refractivity contribution in [3.8, 4) is 5.75 Å². The normalized spacial score (nSPS) is 15.3. The van der Waals surface area contributed by atoms with Crippen LogP contribution in [0.25, 0.3) is 0 Å². The topological polar surface area (TPSA) is 53.6 Å². The van der Waals surface area contributed by atoms with Crippen LogP contribution in [-0.4, -0.2) is 36.7 Å². The monoisotopic (exact) mass is 367 g/mol. The third-order valence-corrected chi connectivity index (χ3v) is 5.00. The first-order valence-electron chi connectivity index (χ1n) is 9.71. The Bertz CT molecular complexity index is 737. The largest absolute Gasteiger partial charge is 0.494 e. The molecule has 1 aliphatic heterocycles. The quantitative estimate of drug-likeness (QED) is 0.805. The minimum absolute atomic E-state index is 0.142. The Morgan fingerprint density at radius 2 is 1.81 bits per heavy atom. The van der Waals surface area contributed by atoms with Gasteiger partial charge in [0.15, 0.2) is 0 Å². The maximum atomic E-state index is 12.2. The number of aryl methyl sites for hydroxylation is 1. The van der Waals surface area contributed by atoms with Crippen molar-refractivity contribution in [2.24, 2.45) is 0 Å². The molecule has 0 spiro atoms. The molecule has 1 saturated heterocycles. The van der Waals surface area contributed by atoms with Crippen molar-refractivity contribution in [3.05, 3.63) is 59.7 Å². The zero-order chi connectivity index (χ0) is 19.1. The number of rotatable bonds is 6. The smallest absolute Gasteiger partial charge is 0.319 e. The van der Waals surface area contributed by atoms with E-state index in [1.807, 2.05) is 31.2 Å². The first-order chi connectivity index (χ1) is 13.1. The molecule has 0 bridgehead atoms. The summed E-state index contributed by atoms with van der Waals surface area (Å²) in [5, 5.41) is 5.99. The molecule has 0 aliphatic carbocycles. The molecule has 2 aromatic carbocycles. The van der Waals surface area contributed by atoms with Crippen molar-refractivity contribution in [3.63, 3.8) is 0 Å². The number of carbonyl (C=O) groups excluding carboxylic acids is 1. The summed E-state index contributed by atoms with van der Waals surface area (Å²) in [5.74, 6) is 0.810. The number of ether oxygens (including phenoxy) is 1. The number of nitrogens with zero attached hydrogens (tertiary/aromatic N) is 1. The summed E-state index contributed by atoms with van der Waals surface area (Å²) in [6.45, 7) is 7.74. The van der Waals surface area contributed by atoms with E-state index in [1.54, 1.807) is 0 Å². The molecule has 144 valence electrons. The Balaban J connectivity index is 1.42. The zero-order valence-corrected chi connectivity index (χ0v) is 16.2. The molecule has 0 radical (unpaired) electrons. The zero-order valence-electron chi connectivity index (χ0n) is 16.2. The highest BCUT2D eigenvalue weighted by Gasteiger charge is 2.21. The highest BCUT2D eigenvalue weighted by atomic mass is 16.5. The van der Waals surface area contributed by atoms with Crippen molar-refractivity contribution < 1.29 is 9.53 Å². The number of hydrogen-bond donors (Lipinski definition) is 2. The Morgan fingerprint density at radius 3 is 2.48 bits per heavy atom. The molecule has 2 aromatic rings. The van der Waals surface area contributed by atoms with Crippen molar-refractivity contribution in [2.75, 3.05) is 25.0 Å². The molecular weight excluding hydrogens is 338 g/mol. The van der Waals surface area contributed by atoms with Gasteiger partial charge in [0.1, 0.15) is 5.75 Å². The van der Waals surface area contributed by atoms with E-state index in [-0.39, 0.29) is 12.1 Å². The van der Waals surface area contributed by atoms with Gasteiger partial charge in [0.25, 0.3) is 0 Å². The maximum absolute atomic E-state index is 12.2. The second-order valence-electron chi connectivity index (χ2n) is 7.03. The van der Waals surface area contributed by atoms with E-state index in [0.717, 1.165) is 43.9 Å². The molecule has 0 atom stereocenters. The van der Waals surface area contributed by atoms with E-state index in [2.05, 4.69) is 46.7 Å². The van der Waals surface area contributed by atoms with E-state index >= 15 is 0 Å². The van der Waals surface area contributed by atoms with Gasteiger partial charge in [-0.2, -0.15) is 0 Å². The molecule has 27 heavy (non-hydrogen) atoms. The number of amides is 2. The number of hydrogen-bond acceptors (Lipinski definition) is 3. The lowest BCUT2D eigenvalue weighted by atomic mass is 10.0. The molecule has 2 N–H and O–H groups in total. The average Bonchev–Trinajstić information content (AvgIpc) is 2.67. The lowest BCUT2D eigenvalue weighted by Crippen LogP contribution is -2.45. The van der Waals surface area contributed by atoms with Gasteiger partial charge in [0, 0.05) is 31.4 Å². The fourth-order valence-electron chi connectivity index (χ4n) is 3.42. The van der Waals surface area contributed by atoms with Gasteiger partial charge in [-0.3, -0.25) is 4.90 Å². The summed E-state index contributed by atoms with van der Waals surface area (Å²) in [6, 6.07) is 16.1. The Labute approximate surface area is 161 Å². The van der Waals surface area contributed by atoms with Crippen LogP contribution in [0.4, 0.5) is 10.5 Å². The summed E-state index contributed by atoms with van der Waals surface area (Å²) in [6.07, 6.45) is 1.95. The molecule has 1 fully saturated rings. The molecule has 2 amide bonds. The van der Waals surface area contributed by atoms with Crippen molar-refractivity contribution >= 4 is 11.7 Å². The molecule has 1 heterocycles. The van der Waals surface area contributed by atoms with Crippen LogP contribution in [0.3, 0.4) is 0 Å². The number of likely N-dealkylation sites (tertiary alicyclic amines) is 1. The van der Waals surface area contributed by atoms with E-state index in [1.165, 1.54) is 11.1 Å². The number of benzene rings is 2. The van der Waals surface area contributed by atoms with E-state index in [4.69, 9.17) is 4.74 Å². The summed E-state index contributed by atoms with van der Waals surface area (Å²) in [5.41, 5.74) is 3.50. The molecule has 3 rings (SSSR count). The molecular formula is C22H29N3O2. The third-order valence-electron chi connectivity index (χ3n) is 5.00. The molecule has 5 heteroatoms. The molecule has 0 saturated carbocycles. The minimum atomic E-state index is -0.142. The van der Waals surface area contributed by atoms with Gasteiger partial charge < -0.3 is 15.4 Å². The predicted molar refractivity (Wildman–Crippen MR) is 109 cm³/mol.